The third-order valence-corrected chi connectivity index (χ3v) is 4.03. The van der Waals surface area contributed by atoms with Crippen LogP contribution in [0.4, 0.5) is 0 Å². The van der Waals surface area contributed by atoms with Crippen molar-refractivity contribution in [1.29, 1.82) is 0 Å². The predicted molar refractivity (Wildman–Crippen MR) is 70.7 cm³/mol. The lowest BCUT2D eigenvalue weighted by atomic mass is 10.2. The number of thioether (sulfide) groups is 1. The van der Waals surface area contributed by atoms with Crippen LogP contribution in [-0.2, 0) is 6.54 Å². The van der Waals surface area contributed by atoms with Crippen LogP contribution in [0.2, 0.25) is 0 Å². The number of hydrogen-bond acceptors (Lipinski definition) is 4. The summed E-state index contributed by atoms with van der Waals surface area (Å²) in [7, 11) is 0. The van der Waals surface area contributed by atoms with Gasteiger partial charge in [0.05, 0.1) is 0 Å². The standard InChI is InChI=1S/C11H17NO2S2/c1-8-9(6-10(16-8)11(13)14)7-12-4-3-5-15-2/h6,12H,3-5,7H2,1-2H3,(H,13,14). The Morgan fingerprint density at radius 3 is 2.94 bits per heavy atom. The summed E-state index contributed by atoms with van der Waals surface area (Å²) in [5, 5.41) is 12.2. The van der Waals surface area contributed by atoms with Crippen molar-refractivity contribution >= 4 is 29.1 Å². The number of rotatable bonds is 7. The Balaban J connectivity index is 2.39. The Labute approximate surface area is 104 Å². The van der Waals surface area contributed by atoms with Crippen molar-refractivity contribution in [3.8, 4) is 0 Å². The largest absolute Gasteiger partial charge is 0.477 e. The second-order valence-electron chi connectivity index (χ2n) is 3.52. The van der Waals surface area contributed by atoms with Crippen LogP contribution in [0.25, 0.3) is 0 Å². The molecule has 0 aromatic carbocycles. The topological polar surface area (TPSA) is 49.3 Å². The van der Waals surface area contributed by atoms with Crippen molar-refractivity contribution in [3.05, 3.63) is 21.4 Å². The summed E-state index contributed by atoms with van der Waals surface area (Å²) in [6.07, 6.45) is 3.25. The monoisotopic (exact) mass is 259 g/mol. The van der Waals surface area contributed by atoms with Crippen molar-refractivity contribution in [3.63, 3.8) is 0 Å². The second kappa shape index (κ2) is 6.93. The molecule has 0 fully saturated rings. The fraction of sp³-hybridized carbons (Fsp3) is 0.545. The molecule has 3 nitrogen and oxygen atoms in total. The van der Waals surface area contributed by atoms with Gasteiger partial charge in [0.25, 0.3) is 0 Å². The second-order valence-corrected chi connectivity index (χ2v) is 5.76. The molecule has 0 saturated heterocycles. The summed E-state index contributed by atoms with van der Waals surface area (Å²) in [6, 6.07) is 1.77. The third kappa shape index (κ3) is 4.15. The Morgan fingerprint density at radius 1 is 1.62 bits per heavy atom. The van der Waals surface area contributed by atoms with Crippen LogP contribution in [-0.4, -0.2) is 29.6 Å². The summed E-state index contributed by atoms with van der Waals surface area (Å²) in [6.45, 7) is 3.72. The van der Waals surface area contributed by atoms with E-state index < -0.39 is 5.97 Å². The molecule has 0 spiro atoms. The minimum Gasteiger partial charge on any atom is -0.477 e. The number of nitrogens with one attached hydrogen (secondary N) is 1. The summed E-state index contributed by atoms with van der Waals surface area (Å²) in [5.41, 5.74) is 1.10. The maximum absolute atomic E-state index is 10.8. The minimum atomic E-state index is -0.832. The van der Waals surface area contributed by atoms with Gasteiger partial charge in [-0.2, -0.15) is 11.8 Å². The maximum atomic E-state index is 10.8. The highest BCUT2D eigenvalue weighted by atomic mass is 32.2. The molecular weight excluding hydrogens is 242 g/mol. The summed E-state index contributed by atoms with van der Waals surface area (Å²) >= 11 is 3.19. The first-order chi connectivity index (χ1) is 7.65. The lowest BCUT2D eigenvalue weighted by molar-refractivity contribution is 0.0702. The molecule has 1 aromatic heterocycles. The number of thiophene rings is 1. The molecule has 0 amide bonds. The summed E-state index contributed by atoms with van der Waals surface area (Å²) in [4.78, 5) is 12.3. The van der Waals surface area contributed by atoms with E-state index in [-0.39, 0.29) is 0 Å². The number of carbonyl (C=O) groups is 1. The average molecular weight is 259 g/mol. The summed E-state index contributed by atoms with van der Waals surface area (Å²) < 4.78 is 0. The van der Waals surface area contributed by atoms with Crippen molar-refractivity contribution in [2.75, 3.05) is 18.6 Å². The first-order valence-electron chi connectivity index (χ1n) is 5.17. The smallest absolute Gasteiger partial charge is 0.345 e. The van der Waals surface area contributed by atoms with Crippen molar-refractivity contribution in [2.24, 2.45) is 0 Å². The Bertz CT molecular complexity index is 350. The van der Waals surface area contributed by atoms with E-state index in [0.717, 1.165) is 35.7 Å². The van der Waals surface area contributed by atoms with E-state index in [2.05, 4.69) is 11.6 Å². The molecule has 2 N–H and O–H groups in total. The van der Waals surface area contributed by atoms with Gasteiger partial charge >= 0.3 is 5.97 Å². The van der Waals surface area contributed by atoms with Crippen LogP contribution in [0.5, 0.6) is 0 Å². The van der Waals surface area contributed by atoms with Gasteiger partial charge in [0.2, 0.25) is 0 Å². The van der Waals surface area contributed by atoms with E-state index in [1.807, 2.05) is 18.7 Å². The molecule has 5 heteroatoms. The highest BCUT2D eigenvalue weighted by molar-refractivity contribution is 7.98. The van der Waals surface area contributed by atoms with Gasteiger partial charge in [-0.3, -0.25) is 0 Å². The predicted octanol–water partition coefficient (Wildman–Crippen LogP) is 2.60. The number of aromatic carboxylic acids is 1. The van der Waals surface area contributed by atoms with Gasteiger partial charge in [-0.25, -0.2) is 4.79 Å². The lowest BCUT2D eigenvalue weighted by Gasteiger charge is -2.03. The number of carboxylic acids is 1. The highest BCUT2D eigenvalue weighted by Gasteiger charge is 2.10. The zero-order valence-electron chi connectivity index (χ0n) is 9.58. The fourth-order valence-electron chi connectivity index (χ4n) is 1.37. The number of hydrogen-bond donors (Lipinski definition) is 2. The van der Waals surface area contributed by atoms with E-state index in [0.29, 0.717) is 4.88 Å². The van der Waals surface area contributed by atoms with Gasteiger partial charge in [0.1, 0.15) is 4.88 Å². The van der Waals surface area contributed by atoms with E-state index in [1.54, 1.807) is 6.07 Å². The Morgan fingerprint density at radius 2 is 2.38 bits per heavy atom. The highest BCUT2D eigenvalue weighted by Crippen LogP contribution is 2.21. The molecule has 0 unspecified atom stereocenters. The van der Waals surface area contributed by atoms with Gasteiger partial charge in [-0.05, 0) is 43.5 Å². The zero-order valence-corrected chi connectivity index (χ0v) is 11.2. The van der Waals surface area contributed by atoms with E-state index in [4.69, 9.17) is 5.11 Å². The maximum Gasteiger partial charge on any atom is 0.345 e. The molecule has 90 valence electrons. The number of aryl methyl sites for hydroxylation is 1. The number of carboxylic acid groups (broad SMARTS) is 1. The van der Waals surface area contributed by atoms with Gasteiger partial charge in [0, 0.05) is 11.4 Å². The molecule has 0 radical (unpaired) electrons. The molecular formula is C11H17NO2S2. The molecule has 1 heterocycles. The van der Waals surface area contributed by atoms with Crippen LogP contribution in [0.15, 0.2) is 6.07 Å². The molecule has 0 aliphatic rings. The zero-order chi connectivity index (χ0) is 12.0. The lowest BCUT2D eigenvalue weighted by Crippen LogP contribution is -2.15. The van der Waals surface area contributed by atoms with E-state index >= 15 is 0 Å². The molecule has 0 atom stereocenters. The molecule has 16 heavy (non-hydrogen) atoms. The normalized spacial score (nSPS) is 10.6. The van der Waals surface area contributed by atoms with Gasteiger partial charge in [-0.15, -0.1) is 11.3 Å². The van der Waals surface area contributed by atoms with E-state index in [1.165, 1.54) is 11.3 Å². The van der Waals surface area contributed by atoms with Crippen molar-refractivity contribution in [2.45, 2.75) is 19.9 Å². The van der Waals surface area contributed by atoms with E-state index in [9.17, 15) is 4.79 Å². The first-order valence-corrected chi connectivity index (χ1v) is 7.38. The molecule has 0 aliphatic carbocycles. The van der Waals surface area contributed by atoms with Gasteiger partial charge < -0.3 is 10.4 Å². The van der Waals surface area contributed by atoms with Crippen molar-refractivity contribution in [1.82, 2.24) is 5.32 Å². The van der Waals surface area contributed by atoms with Crippen molar-refractivity contribution < 1.29 is 9.90 Å². The fourth-order valence-corrected chi connectivity index (χ4v) is 2.68. The Kier molecular flexibility index (Phi) is 5.87. The van der Waals surface area contributed by atoms with Crippen LogP contribution < -0.4 is 5.32 Å². The van der Waals surface area contributed by atoms with Gasteiger partial charge in [0.15, 0.2) is 0 Å². The van der Waals surface area contributed by atoms with Crippen LogP contribution >= 0.6 is 23.1 Å². The van der Waals surface area contributed by atoms with Gasteiger partial charge in [-0.1, -0.05) is 0 Å². The molecule has 0 aliphatic heterocycles. The summed E-state index contributed by atoms with van der Waals surface area (Å²) in [5.74, 6) is 0.331. The van der Waals surface area contributed by atoms with Crippen LogP contribution in [0.3, 0.4) is 0 Å². The molecule has 1 aromatic rings. The quantitative estimate of drug-likeness (QED) is 0.739. The molecule has 0 saturated carbocycles. The third-order valence-electron chi connectivity index (χ3n) is 2.25. The minimum absolute atomic E-state index is 0.429. The van der Waals surface area contributed by atoms with Crippen LogP contribution in [0, 0.1) is 6.92 Å². The molecule has 1 rings (SSSR count). The SMILES string of the molecule is CSCCCNCc1cc(C(=O)O)sc1C. The average Bonchev–Trinajstić information content (AvgIpc) is 2.60. The first kappa shape index (κ1) is 13.5. The Hall–Kier alpha value is -0.520. The molecule has 0 bridgehead atoms. The van der Waals surface area contributed by atoms with Crippen LogP contribution in [0.1, 0.15) is 26.5 Å².